The SMILES string of the molecule is [2H][13C]([2H])([2H])[15n]1cc(C(=O)Nc2cccc3c2C2CCC3C2=C(Cl)Cl)c(C(F)F)[15n]1. The highest BCUT2D eigenvalue weighted by molar-refractivity contribution is 6.56. The number of hydrogen-bond donors (Lipinski definition) is 1. The number of rotatable bonds is 3. The number of hydrogen-bond acceptors (Lipinski definition) is 2. The normalized spacial score (nSPS) is 22.8. The minimum absolute atomic E-state index is 0.0452. The van der Waals surface area contributed by atoms with E-state index in [0.717, 1.165) is 35.7 Å². The number of carbonyl (C=O) groups excluding carboxylic acids is 1. The Morgan fingerprint density at radius 2 is 2.15 bits per heavy atom. The van der Waals surface area contributed by atoms with Crippen molar-refractivity contribution in [2.45, 2.75) is 31.1 Å². The molecule has 1 amide bonds. The van der Waals surface area contributed by atoms with Gasteiger partial charge in [-0.05, 0) is 35.6 Å². The van der Waals surface area contributed by atoms with E-state index in [1.807, 2.05) is 6.07 Å². The summed E-state index contributed by atoms with van der Waals surface area (Å²) in [6.07, 6.45) is -0.558. The highest BCUT2D eigenvalue weighted by Crippen LogP contribution is 2.60. The van der Waals surface area contributed by atoms with Crippen LogP contribution < -0.4 is 5.32 Å². The zero-order valence-corrected chi connectivity index (χ0v) is 14.8. The van der Waals surface area contributed by atoms with Gasteiger partial charge in [0.05, 0.1) is 5.56 Å². The van der Waals surface area contributed by atoms with Crippen molar-refractivity contribution in [1.29, 1.82) is 0 Å². The van der Waals surface area contributed by atoms with Gasteiger partial charge in [0, 0.05) is 34.8 Å². The molecule has 26 heavy (non-hydrogen) atoms. The Morgan fingerprint density at radius 3 is 2.85 bits per heavy atom. The molecule has 0 saturated heterocycles. The number of nitrogens with one attached hydrogen (secondary N) is 1. The quantitative estimate of drug-likeness (QED) is 0.709. The lowest BCUT2D eigenvalue weighted by Crippen LogP contribution is -2.16. The Labute approximate surface area is 163 Å². The van der Waals surface area contributed by atoms with Gasteiger partial charge in [0.1, 0.15) is 10.2 Å². The fraction of sp³-hybridized carbons (Fsp3) is 0.333. The average Bonchev–Trinajstić information content (AvgIpc) is 3.33. The van der Waals surface area contributed by atoms with Crippen LogP contribution in [0.15, 0.2) is 34.5 Å². The lowest BCUT2D eigenvalue weighted by Gasteiger charge is -2.18. The molecule has 1 aromatic carbocycles. The van der Waals surface area contributed by atoms with Crippen molar-refractivity contribution in [3.63, 3.8) is 0 Å². The Hall–Kier alpha value is -1.92. The van der Waals surface area contributed by atoms with Crippen molar-refractivity contribution >= 4 is 34.8 Å². The van der Waals surface area contributed by atoms with Gasteiger partial charge >= 0.3 is 0 Å². The second-order valence-electron chi connectivity index (χ2n) is 6.33. The number of amides is 1. The van der Waals surface area contributed by atoms with Gasteiger partial charge in [0.25, 0.3) is 12.3 Å². The summed E-state index contributed by atoms with van der Waals surface area (Å²) in [5.41, 5.74) is 1.88. The number of halogens is 4. The zero-order valence-electron chi connectivity index (χ0n) is 16.3. The standard InChI is InChI=1S/C18H15Cl2F2N3O/c1-25-7-11(15(24-25)17(21)22)18(26)23-12-4-2-3-8-9-5-6-10(13(8)12)14(9)16(19)20/h2-4,7,9-10,17H,5-6H2,1H3,(H,23,26)/i1+1D3,24+1,25+1. The molecular formula is C18H15Cl2F2N3O. The van der Waals surface area contributed by atoms with Crippen LogP contribution in [0.25, 0.3) is 0 Å². The monoisotopic (exact) mass is 403 g/mol. The van der Waals surface area contributed by atoms with Gasteiger partial charge in [-0.25, -0.2) is 8.78 Å². The predicted octanol–water partition coefficient (Wildman–Crippen LogP) is 5.27. The van der Waals surface area contributed by atoms with Crippen molar-refractivity contribution in [3.05, 3.63) is 56.8 Å². The smallest absolute Gasteiger partial charge is 0.282 e. The summed E-state index contributed by atoms with van der Waals surface area (Å²) in [4.78, 5) is 12.8. The summed E-state index contributed by atoms with van der Waals surface area (Å²) < 4.78 is 49.3. The van der Waals surface area contributed by atoms with Crippen molar-refractivity contribution < 1.29 is 17.7 Å². The third-order valence-corrected chi connectivity index (χ3v) is 5.46. The number of fused-ring (bicyclic) bond motifs is 5. The Bertz CT molecular complexity index is 1030. The van der Waals surface area contributed by atoms with Gasteiger partial charge in [-0.15, -0.1) is 0 Å². The van der Waals surface area contributed by atoms with Crippen LogP contribution in [-0.2, 0) is 6.98 Å². The second-order valence-corrected chi connectivity index (χ2v) is 7.28. The van der Waals surface area contributed by atoms with Crippen LogP contribution in [-0.4, -0.2) is 15.7 Å². The molecule has 1 heterocycles. The van der Waals surface area contributed by atoms with Gasteiger partial charge in [0.2, 0.25) is 0 Å². The molecule has 136 valence electrons. The number of allylic oxidation sites excluding steroid dienone is 1. The molecule has 1 saturated carbocycles. The molecule has 2 aliphatic carbocycles. The lowest BCUT2D eigenvalue weighted by molar-refractivity contribution is 0.101. The maximum Gasteiger partial charge on any atom is 0.282 e. The van der Waals surface area contributed by atoms with E-state index in [0.29, 0.717) is 10.4 Å². The van der Waals surface area contributed by atoms with Crippen LogP contribution in [0, 0.1) is 0 Å². The van der Waals surface area contributed by atoms with Gasteiger partial charge in [-0.2, -0.15) is 5.10 Å². The highest BCUT2D eigenvalue weighted by atomic mass is 35.5. The predicted molar refractivity (Wildman–Crippen MR) is 96.0 cm³/mol. The molecule has 2 aliphatic rings. The number of nitrogens with zero attached hydrogens (tertiary/aromatic N) is 2. The third-order valence-electron chi connectivity index (χ3n) is 5.02. The van der Waals surface area contributed by atoms with E-state index in [2.05, 4.69) is 10.4 Å². The van der Waals surface area contributed by atoms with E-state index >= 15 is 0 Å². The largest absolute Gasteiger partial charge is 0.322 e. The summed E-state index contributed by atoms with van der Waals surface area (Å²) >= 11 is 12.1. The van der Waals surface area contributed by atoms with Crippen molar-refractivity contribution in [1.82, 2.24) is 9.78 Å². The molecule has 0 spiro atoms. The molecule has 2 unspecified atom stereocenters. The molecule has 2 atom stereocenters. The van der Waals surface area contributed by atoms with E-state index < -0.39 is 30.6 Å². The molecule has 1 aromatic heterocycles. The lowest BCUT2D eigenvalue weighted by atomic mass is 9.90. The van der Waals surface area contributed by atoms with E-state index in [9.17, 15) is 13.6 Å². The fourth-order valence-corrected chi connectivity index (χ4v) is 4.60. The Kier molecular flexibility index (Phi) is 3.46. The van der Waals surface area contributed by atoms with Gasteiger partial charge in [-0.1, -0.05) is 35.3 Å². The number of aryl methyl sites for hydroxylation is 1. The van der Waals surface area contributed by atoms with Crippen molar-refractivity contribution in [2.24, 2.45) is 6.98 Å². The van der Waals surface area contributed by atoms with Crippen molar-refractivity contribution in [3.8, 4) is 0 Å². The molecule has 1 N–H and O–H groups in total. The summed E-state index contributed by atoms with van der Waals surface area (Å²) in [5.74, 6) is -0.822. The highest BCUT2D eigenvalue weighted by Gasteiger charge is 2.44. The maximum atomic E-state index is 13.3. The van der Waals surface area contributed by atoms with Crippen molar-refractivity contribution in [2.75, 3.05) is 5.32 Å². The van der Waals surface area contributed by atoms with Crippen LogP contribution in [0.5, 0.6) is 0 Å². The second kappa shape index (κ2) is 6.35. The Morgan fingerprint density at radius 1 is 1.38 bits per heavy atom. The third kappa shape index (κ3) is 2.63. The number of alkyl halides is 2. The topological polar surface area (TPSA) is 46.9 Å². The van der Waals surface area contributed by atoms with Crippen LogP contribution in [0.4, 0.5) is 14.5 Å². The van der Waals surface area contributed by atoms with Crippen LogP contribution in [0.2, 0.25) is 0 Å². The molecular weight excluding hydrogens is 386 g/mol. The molecule has 2 bridgehead atoms. The molecule has 0 radical (unpaired) electrons. The minimum Gasteiger partial charge on any atom is -0.322 e. The fourth-order valence-electron chi connectivity index (χ4n) is 4.07. The summed E-state index contributed by atoms with van der Waals surface area (Å²) in [6.45, 7) is -2.77. The first-order chi connectivity index (χ1) is 13.6. The number of benzene rings is 1. The van der Waals surface area contributed by atoms with Gasteiger partial charge < -0.3 is 5.32 Å². The number of aromatic nitrogens is 2. The van der Waals surface area contributed by atoms with Gasteiger partial charge in [-0.3, -0.25) is 9.48 Å². The Balaban J connectivity index is 1.71. The zero-order chi connectivity index (χ0) is 21.1. The average molecular weight is 404 g/mol. The number of anilines is 1. The molecule has 0 aliphatic heterocycles. The molecule has 8 heteroatoms. The molecule has 2 aromatic rings. The van der Waals surface area contributed by atoms with E-state index in [-0.39, 0.29) is 16.3 Å². The molecule has 1 fully saturated rings. The maximum absolute atomic E-state index is 13.3. The summed E-state index contributed by atoms with van der Waals surface area (Å²) in [5, 5.41) is 6.04. The first kappa shape index (κ1) is 14.2. The molecule has 4 rings (SSSR count). The minimum atomic E-state index is -3.10. The van der Waals surface area contributed by atoms with Crippen LogP contribution in [0.3, 0.4) is 0 Å². The summed E-state index contributed by atoms with van der Waals surface area (Å²) in [7, 11) is 0. The van der Waals surface area contributed by atoms with E-state index in [4.69, 9.17) is 27.3 Å². The van der Waals surface area contributed by atoms with Crippen LogP contribution in [0.1, 0.15) is 62.4 Å². The van der Waals surface area contributed by atoms with E-state index in [1.165, 1.54) is 0 Å². The number of carbonyl (C=O) groups is 1. The molecule has 4 nitrogen and oxygen atoms in total. The first-order valence-corrected chi connectivity index (χ1v) is 8.72. The van der Waals surface area contributed by atoms with E-state index in [1.54, 1.807) is 12.1 Å². The van der Waals surface area contributed by atoms with Crippen LogP contribution >= 0.6 is 23.2 Å². The summed E-state index contributed by atoms with van der Waals surface area (Å²) in [6, 6.07) is 5.37. The van der Waals surface area contributed by atoms with Gasteiger partial charge in [0.15, 0.2) is 0 Å². The first-order valence-electron chi connectivity index (χ1n) is 9.47.